The fourth-order valence-electron chi connectivity index (χ4n) is 1.57. The number of aromatic nitrogens is 1. The minimum Gasteiger partial charge on any atom is -0.496 e. The predicted octanol–water partition coefficient (Wildman–Crippen LogP) is 3.43. The number of hydrogen-bond donors (Lipinski definition) is 0. The fraction of sp³-hybridized carbons (Fsp3) is 0.0833. The van der Waals surface area contributed by atoms with Crippen LogP contribution in [0.15, 0.2) is 41.0 Å². The van der Waals surface area contributed by atoms with Gasteiger partial charge >= 0.3 is 0 Å². The summed E-state index contributed by atoms with van der Waals surface area (Å²) in [6.45, 7) is 0. The van der Waals surface area contributed by atoms with E-state index in [0.717, 1.165) is 5.56 Å². The summed E-state index contributed by atoms with van der Waals surface area (Å²) in [5.74, 6) is 0.666. The molecular weight excluding hydrogens is 300 g/mol. The van der Waals surface area contributed by atoms with Gasteiger partial charge in [0.05, 0.1) is 22.2 Å². The van der Waals surface area contributed by atoms with Crippen molar-refractivity contribution in [1.82, 2.24) is 4.98 Å². The first-order valence-corrected chi connectivity index (χ1v) is 5.86. The molecule has 1 heterocycles. The van der Waals surface area contributed by atoms with Crippen LogP contribution in [0.4, 0.5) is 5.69 Å². The summed E-state index contributed by atoms with van der Waals surface area (Å²) in [6.07, 6.45) is 1.23. The van der Waals surface area contributed by atoms with Crippen LogP contribution in [0.2, 0.25) is 0 Å². The molecule has 5 nitrogen and oxygen atoms in total. The lowest BCUT2D eigenvalue weighted by Gasteiger charge is -2.08. The Balaban J connectivity index is 2.54. The van der Waals surface area contributed by atoms with Crippen molar-refractivity contribution in [2.75, 3.05) is 7.11 Å². The largest absolute Gasteiger partial charge is 0.496 e. The lowest BCUT2D eigenvalue weighted by molar-refractivity contribution is -0.385. The van der Waals surface area contributed by atoms with E-state index in [9.17, 15) is 10.1 Å². The van der Waals surface area contributed by atoms with Crippen molar-refractivity contribution in [3.8, 4) is 17.0 Å². The van der Waals surface area contributed by atoms with Crippen LogP contribution in [0, 0.1) is 10.1 Å². The molecule has 2 aromatic rings. The van der Waals surface area contributed by atoms with Crippen molar-refractivity contribution < 1.29 is 9.66 Å². The molecule has 0 saturated heterocycles. The van der Waals surface area contributed by atoms with E-state index in [2.05, 4.69) is 20.9 Å². The van der Waals surface area contributed by atoms with Crippen LogP contribution in [0.3, 0.4) is 0 Å². The van der Waals surface area contributed by atoms with Gasteiger partial charge in [0.15, 0.2) is 0 Å². The molecule has 0 aliphatic carbocycles. The Bertz CT molecular complexity index is 602. The molecule has 0 N–H and O–H groups in total. The maximum Gasteiger partial charge on any atom is 0.288 e. The molecule has 0 radical (unpaired) electrons. The maximum absolute atomic E-state index is 10.6. The molecule has 92 valence electrons. The summed E-state index contributed by atoms with van der Waals surface area (Å²) in [7, 11) is 1.57. The Morgan fingerprint density at radius 3 is 2.72 bits per heavy atom. The number of nitrogens with zero attached hydrogens (tertiary/aromatic N) is 2. The van der Waals surface area contributed by atoms with Gasteiger partial charge in [0.25, 0.3) is 5.69 Å². The minimum atomic E-state index is -0.482. The topological polar surface area (TPSA) is 65.3 Å². The molecule has 0 amide bonds. The Morgan fingerprint density at radius 2 is 2.11 bits per heavy atom. The molecule has 2 rings (SSSR count). The van der Waals surface area contributed by atoms with E-state index in [1.165, 1.54) is 12.3 Å². The summed E-state index contributed by atoms with van der Waals surface area (Å²) >= 11 is 3.29. The van der Waals surface area contributed by atoms with Gasteiger partial charge in [-0.05, 0) is 28.1 Å². The molecule has 1 aromatic heterocycles. The van der Waals surface area contributed by atoms with Crippen LogP contribution in [0.1, 0.15) is 0 Å². The van der Waals surface area contributed by atoms with E-state index >= 15 is 0 Å². The molecule has 0 unspecified atom stereocenters. The van der Waals surface area contributed by atoms with Crippen molar-refractivity contribution in [1.29, 1.82) is 0 Å². The number of methoxy groups -OCH3 is 1. The molecule has 6 heteroatoms. The van der Waals surface area contributed by atoms with Crippen molar-refractivity contribution in [3.63, 3.8) is 0 Å². The van der Waals surface area contributed by atoms with Crippen LogP contribution < -0.4 is 4.74 Å². The second-order valence-electron chi connectivity index (χ2n) is 3.48. The van der Waals surface area contributed by atoms with E-state index in [4.69, 9.17) is 4.74 Å². The van der Waals surface area contributed by atoms with E-state index < -0.39 is 4.92 Å². The van der Waals surface area contributed by atoms with E-state index in [-0.39, 0.29) is 5.69 Å². The number of halogens is 1. The molecule has 0 aliphatic heterocycles. The highest BCUT2D eigenvalue weighted by molar-refractivity contribution is 9.10. The third-order valence-corrected chi connectivity index (χ3v) is 3.00. The van der Waals surface area contributed by atoms with Crippen molar-refractivity contribution in [3.05, 3.63) is 51.1 Å². The third kappa shape index (κ3) is 2.33. The molecular formula is C12H9BrN2O3. The van der Waals surface area contributed by atoms with E-state index in [1.807, 2.05) is 24.3 Å². The smallest absolute Gasteiger partial charge is 0.288 e. The number of pyridine rings is 1. The lowest BCUT2D eigenvalue weighted by atomic mass is 10.1. The van der Waals surface area contributed by atoms with Gasteiger partial charge < -0.3 is 4.74 Å². The monoisotopic (exact) mass is 308 g/mol. The summed E-state index contributed by atoms with van der Waals surface area (Å²) in [5, 5.41) is 10.6. The second-order valence-corrected chi connectivity index (χ2v) is 4.34. The van der Waals surface area contributed by atoms with Gasteiger partial charge in [0.2, 0.25) is 0 Å². The van der Waals surface area contributed by atoms with Gasteiger partial charge in [-0.2, -0.15) is 0 Å². The maximum atomic E-state index is 10.6. The Labute approximate surface area is 112 Å². The van der Waals surface area contributed by atoms with Crippen LogP contribution in [0.5, 0.6) is 5.75 Å². The highest BCUT2D eigenvalue weighted by Crippen LogP contribution is 2.34. The summed E-state index contributed by atoms with van der Waals surface area (Å²) in [6, 6.07) is 8.78. The van der Waals surface area contributed by atoms with Crippen LogP contribution in [0.25, 0.3) is 11.3 Å². The standard InChI is InChI=1S/C12H9BrN2O3/c1-18-11-5-3-2-4-9(11)12-10(13)6-8(7-14-12)15(16)17/h2-7H,1H3. The van der Waals surface area contributed by atoms with Gasteiger partial charge in [0, 0.05) is 11.6 Å². The van der Waals surface area contributed by atoms with Gasteiger partial charge in [-0.15, -0.1) is 0 Å². The number of para-hydroxylation sites is 1. The first kappa shape index (κ1) is 12.5. The first-order valence-electron chi connectivity index (χ1n) is 5.07. The second kappa shape index (κ2) is 5.14. The Hall–Kier alpha value is -1.95. The zero-order valence-electron chi connectivity index (χ0n) is 9.46. The number of ether oxygens (including phenoxy) is 1. The van der Waals surface area contributed by atoms with Crippen molar-refractivity contribution in [2.24, 2.45) is 0 Å². The minimum absolute atomic E-state index is 0.0551. The Morgan fingerprint density at radius 1 is 1.39 bits per heavy atom. The number of hydrogen-bond acceptors (Lipinski definition) is 4. The summed E-state index contributed by atoms with van der Waals surface area (Å²) in [5.41, 5.74) is 1.33. The number of rotatable bonds is 3. The third-order valence-electron chi connectivity index (χ3n) is 2.40. The van der Waals surface area contributed by atoms with Gasteiger partial charge in [0.1, 0.15) is 11.9 Å². The molecule has 18 heavy (non-hydrogen) atoms. The van der Waals surface area contributed by atoms with Crippen LogP contribution in [-0.4, -0.2) is 17.0 Å². The molecule has 1 aromatic carbocycles. The van der Waals surface area contributed by atoms with E-state index in [1.54, 1.807) is 7.11 Å². The SMILES string of the molecule is COc1ccccc1-c1ncc([N+](=O)[O-])cc1Br. The van der Waals surface area contributed by atoms with Crippen molar-refractivity contribution >= 4 is 21.6 Å². The Kier molecular flexibility index (Phi) is 3.57. The van der Waals surface area contributed by atoms with Crippen LogP contribution in [-0.2, 0) is 0 Å². The fourth-order valence-corrected chi connectivity index (χ4v) is 2.12. The highest BCUT2D eigenvalue weighted by Gasteiger charge is 2.14. The molecule has 0 spiro atoms. The normalized spacial score (nSPS) is 10.1. The van der Waals surface area contributed by atoms with E-state index in [0.29, 0.717) is 15.9 Å². The zero-order valence-corrected chi connectivity index (χ0v) is 11.0. The van der Waals surface area contributed by atoms with Gasteiger partial charge in [-0.3, -0.25) is 10.1 Å². The lowest BCUT2D eigenvalue weighted by Crippen LogP contribution is -1.94. The molecule has 0 saturated carbocycles. The molecule has 0 aliphatic rings. The highest BCUT2D eigenvalue weighted by atomic mass is 79.9. The van der Waals surface area contributed by atoms with Crippen molar-refractivity contribution in [2.45, 2.75) is 0 Å². The average molecular weight is 309 g/mol. The molecule has 0 atom stereocenters. The van der Waals surface area contributed by atoms with Gasteiger partial charge in [-0.25, -0.2) is 4.98 Å². The first-order chi connectivity index (χ1) is 8.63. The molecule has 0 fully saturated rings. The number of nitro groups is 1. The predicted molar refractivity (Wildman–Crippen MR) is 70.6 cm³/mol. The summed E-state index contributed by atoms with van der Waals surface area (Å²) < 4.78 is 5.79. The quantitative estimate of drug-likeness (QED) is 0.643. The average Bonchev–Trinajstić information content (AvgIpc) is 2.38. The number of benzene rings is 1. The summed E-state index contributed by atoms with van der Waals surface area (Å²) in [4.78, 5) is 14.3. The zero-order chi connectivity index (χ0) is 13.1. The van der Waals surface area contributed by atoms with Gasteiger partial charge in [-0.1, -0.05) is 12.1 Å². The molecule has 0 bridgehead atoms. The van der Waals surface area contributed by atoms with Crippen LogP contribution >= 0.6 is 15.9 Å².